The number of hydroxylamine groups is 2. The van der Waals surface area contributed by atoms with Crippen molar-refractivity contribution >= 4 is 40.6 Å². The second-order valence-electron chi connectivity index (χ2n) is 8.08. The van der Waals surface area contributed by atoms with Crippen LogP contribution in [0.25, 0.3) is 0 Å². The van der Waals surface area contributed by atoms with Crippen molar-refractivity contribution in [2.75, 3.05) is 10.2 Å². The number of benzene rings is 2. The van der Waals surface area contributed by atoms with Crippen molar-refractivity contribution in [2.45, 2.75) is 12.5 Å². The second kappa shape index (κ2) is 9.58. The second-order valence-corrected chi connectivity index (χ2v) is 8.52. The van der Waals surface area contributed by atoms with E-state index >= 15 is 0 Å². The molecule has 0 radical (unpaired) electrons. The summed E-state index contributed by atoms with van der Waals surface area (Å²) in [5.41, 5.74) is 4.01. The fraction of sp³-hybridized carbons (Fsp3) is 0.0741. The minimum atomic E-state index is -0.770. The average Bonchev–Trinajstić information content (AvgIpc) is 3.26. The maximum Gasteiger partial charge on any atom is 0.327 e. The molecule has 3 amide bonds. The highest BCUT2D eigenvalue weighted by Gasteiger charge is 2.38. The summed E-state index contributed by atoms with van der Waals surface area (Å²) in [5.74, 6) is -0.419. The van der Waals surface area contributed by atoms with E-state index in [0.717, 1.165) is 16.2 Å². The monoisotopic (exact) mass is 484 g/mol. The largest absolute Gasteiger partial charge is 0.327 e. The molecule has 0 spiro atoms. The van der Waals surface area contributed by atoms with Crippen LogP contribution in [-0.4, -0.2) is 34.0 Å². The van der Waals surface area contributed by atoms with Crippen LogP contribution in [0.2, 0.25) is 5.02 Å². The summed E-state index contributed by atoms with van der Waals surface area (Å²) < 4.78 is 0. The number of urea groups is 1. The van der Waals surface area contributed by atoms with E-state index < -0.39 is 18.0 Å². The van der Waals surface area contributed by atoms with Crippen LogP contribution in [0.1, 0.15) is 5.56 Å². The lowest BCUT2D eigenvalue weighted by Crippen LogP contribution is -2.44. The van der Waals surface area contributed by atoms with Gasteiger partial charge in [-0.3, -0.25) is 14.9 Å². The SMILES string of the molecule is O=C(N=C1C=CC(=C2C=CC=CN2O)C=C1)C1Cc2ccccc2N1C(=O)Nc1ccc(Cl)cc1. The zero-order valence-electron chi connectivity index (χ0n) is 18.5. The first-order valence-corrected chi connectivity index (χ1v) is 11.4. The first-order valence-electron chi connectivity index (χ1n) is 11.0. The highest BCUT2D eigenvalue weighted by molar-refractivity contribution is 6.30. The van der Waals surface area contributed by atoms with Crippen LogP contribution in [0, 0.1) is 0 Å². The van der Waals surface area contributed by atoms with Gasteiger partial charge in [0.25, 0.3) is 5.91 Å². The number of amides is 3. The van der Waals surface area contributed by atoms with E-state index in [1.54, 1.807) is 66.9 Å². The van der Waals surface area contributed by atoms with Crippen LogP contribution in [0.15, 0.2) is 114 Å². The van der Waals surface area contributed by atoms with Crippen LogP contribution < -0.4 is 10.2 Å². The molecule has 1 atom stereocenters. The Morgan fingerprint density at radius 1 is 0.971 bits per heavy atom. The maximum absolute atomic E-state index is 13.3. The van der Waals surface area contributed by atoms with Gasteiger partial charge in [0, 0.05) is 34.6 Å². The number of carbonyl (C=O) groups excluding carboxylic acids is 2. The smallest absolute Gasteiger partial charge is 0.308 e. The van der Waals surface area contributed by atoms with Crippen molar-refractivity contribution in [1.82, 2.24) is 5.06 Å². The Morgan fingerprint density at radius 2 is 1.71 bits per heavy atom. The highest BCUT2D eigenvalue weighted by Crippen LogP contribution is 2.33. The summed E-state index contributed by atoms with van der Waals surface area (Å²) in [5, 5.41) is 14.4. The first-order chi connectivity index (χ1) is 17.0. The van der Waals surface area contributed by atoms with Crippen molar-refractivity contribution in [2.24, 2.45) is 4.99 Å². The summed E-state index contributed by atoms with van der Waals surface area (Å²) in [6.45, 7) is 0. The molecule has 0 bridgehead atoms. The number of anilines is 2. The van der Waals surface area contributed by atoms with E-state index in [1.165, 1.54) is 4.90 Å². The molecule has 2 heterocycles. The molecule has 5 rings (SSSR count). The number of aliphatic imine (C=N–C) groups is 1. The standard InChI is InChI=1S/C27H21ClN4O3/c28-20-10-14-22(15-11-20)30-27(34)32-24-7-2-1-5-19(24)17-25(32)26(33)29-21-12-8-18(9-13-21)23-6-3-4-16-31(23)35/h1-16,25,35H,17H2,(H,30,34). The molecule has 1 aliphatic carbocycles. The van der Waals surface area contributed by atoms with Crippen molar-refractivity contribution in [1.29, 1.82) is 0 Å². The predicted molar refractivity (Wildman–Crippen MR) is 137 cm³/mol. The van der Waals surface area contributed by atoms with E-state index in [1.807, 2.05) is 30.3 Å². The summed E-state index contributed by atoms with van der Waals surface area (Å²) >= 11 is 5.94. The van der Waals surface area contributed by atoms with Gasteiger partial charge in [0.1, 0.15) is 6.04 Å². The number of allylic oxidation sites excluding steroid dienone is 8. The minimum absolute atomic E-state index is 0.374. The maximum atomic E-state index is 13.3. The molecule has 7 nitrogen and oxygen atoms in total. The number of para-hydroxylation sites is 1. The summed E-state index contributed by atoms with van der Waals surface area (Å²) in [6, 6.07) is 13.0. The molecule has 1 unspecified atom stereocenters. The fourth-order valence-corrected chi connectivity index (χ4v) is 4.25. The van der Waals surface area contributed by atoms with Crippen molar-refractivity contribution in [3.8, 4) is 0 Å². The Balaban J connectivity index is 1.37. The summed E-state index contributed by atoms with van der Waals surface area (Å²) in [4.78, 5) is 32.2. The number of nitrogens with one attached hydrogen (secondary N) is 1. The number of fused-ring (bicyclic) bond motifs is 1. The van der Waals surface area contributed by atoms with Crippen LogP contribution in [0.3, 0.4) is 0 Å². The molecule has 2 N–H and O–H groups in total. The van der Waals surface area contributed by atoms with Gasteiger partial charge in [-0.2, -0.15) is 0 Å². The molecular formula is C27H21ClN4O3. The van der Waals surface area contributed by atoms with Gasteiger partial charge in [0.15, 0.2) is 0 Å². The van der Waals surface area contributed by atoms with Gasteiger partial charge in [0.05, 0.1) is 11.4 Å². The van der Waals surface area contributed by atoms with Gasteiger partial charge in [0.2, 0.25) is 0 Å². The quantitative estimate of drug-likeness (QED) is 0.595. The van der Waals surface area contributed by atoms with E-state index in [9.17, 15) is 14.8 Å². The molecule has 0 fully saturated rings. The predicted octanol–water partition coefficient (Wildman–Crippen LogP) is 5.43. The molecule has 174 valence electrons. The molecule has 35 heavy (non-hydrogen) atoms. The van der Waals surface area contributed by atoms with E-state index in [4.69, 9.17) is 11.6 Å². The van der Waals surface area contributed by atoms with Crippen LogP contribution in [0.5, 0.6) is 0 Å². The van der Waals surface area contributed by atoms with E-state index in [2.05, 4.69) is 10.3 Å². The van der Waals surface area contributed by atoms with Crippen molar-refractivity contribution in [3.63, 3.8) is 0 Å². The average molecular weight is 485 g/mol. The third-order valence-electron chi connectivity index (χ3n) is 5.82. The first kappa shape index (κ1) is 22.6. The molecule has 3 aliphatic rings. The van der Waals surface area contributed by atoms with Gasteiger partial charge in [-0.1, -0.05) is 48.0 Å². The van der Waals surface area contributed by atoms with Gasteiger partial charge in [-0.25, -0.2) is 14.9 Å². The normalized spacial score (nSPS) is 18.2. The fourth-order valence-electron chi connectivity index (χ4n) is 4.12. The van der Waals surface area contributed by atoms with Gasteiger partial charge < -0.3 is 5.32 Å². The third-order valence-corrected chi connectivity index (χ3v) is 6.07. The molecular weight excluding hydrogens is 464 g/mol. The van der Waals surface area contributed by atoms with Crippen LogP contribution >= 0.6 is 11.6 Å². The van der Waals surface area contributed by atoms with Gasteiger partial charge >= 0.3 is 6.03 Å². The Morgan fingerprint density at radius 3 is 2.46 bits per heavy atom. The molecule has 2 aromatic rings. The van der Waals surface area contributed by atoms with Crippen molar-refractivity contribution < 1.29 is 14.8 Å². The Labute approximate surface area is 207 Å². The number of hydrogen-bond acceptors (Lipinski definition) is 4. The van der Waals surface area contributed by atoms with E-state index in [-0.39, 0.29) is 0 Å². The summed E-state index contributed by atoms with van der Waals surface area (Å²) in [7, 11) is 0. The Hall–Kier alpha value is -4.20. The molecule has 0 aromatic heterocycles. The van der Waals surface area contributed by atoms with Crippen molar-refractivity contribution in [3.05, 3.63) is 119 Å². The zero-order chi connectivity index (χ0) is 24.4. The van der Waals surface area contributed by atoms with Crippen LogP contribution in [0.4, 0.5) is 16.2 Å². The number of hydrogen-bond donors (Lipinski definition) is 2. The molecule has 2 aliphatic heterocycles. The topological polar surface area (TPSA) is 85.2 Å². The number of carbonyl (C=O) groups is 2. The number of rotatable bonds is 2. The Bertz CT molecular complexity index is 1350. The third kappa shape index (κ3) is 4.73. The molecule has 0 saturated carbocycles. The number of nitrogens with zero attached hydrogens (tertiary/aromatic N) is 3. The van der Waals surface area contributed by atoms with E-state index in [0.29, 0.717) is 34.2 Å². The highest BCUT2D eigenvalue weighted by atomic mass is 35.5. The molecule has 0 saturated heterocycles. The van der Waals surface area contributed by atoms with Crippen LogP contribution in [-0.2, 0) is 11.2 Å². The Kier molecular flexibility index (Phi) is 6.18. The van der Waals surface area contributed by atoms with Gasteiger partial charge in [-0.05, 0) is 60.2 Å². The minimum Gasteiger partial charge on any atom is -0.308 e. The number of halogens is 1. The molecule has 8 heteroatoms. The zero-order valence-corrected chi connectivity index (χ0v) is 19.3. The lowest BCUT2D eigenvalue weighted by atomic mass is 10.0. The lowest BCUT2D eigenvalue weighted by molar-refractivity contribution is -0.118. The van der Waals surface area contributed by atoms with Gasteiger partial charge in [-0.15, -0.1) is 0 Å². The summed E-state index contributed by atoms with van der Waals surface area (Å²) in [6.07, 6.45) is 14.2. The lowest BCUT2D eigenvalue weighted by Gasteiger charge is -2.24. The molecule has 2 aromatic carbocycles.